The zero-order valence-corrected chi connectivity index (χ0v) is 9.10. The van der Waals surface area contributed by atoms with Crippen LogP contribution in [0.25, 0.3) is 5.69 Å². The molecule has 0 amide bonds. The van der Waals surface area contributed by atoms with Crippen molar-refractivity contribution in [3.63, 3.8) is 0 Å². The minimum atomic E-state index is -0.571. The largest absolute Gasteiger partial charge is 1.00 e. The number of para-hydroxylation sites is 1. The van der Waals surface area contributed by atoms with Crippen molar-refractivity contribution in [3.05, 3.63) is 36.5 Å². The molecule has 0 spiro atoms. The van der Waals surface area contributed by atoms with Gasteiger partial charge in [-0.25, -0.2) is 0 Å². The molecule has 1 heterocycles. The molecule has 0 aliphatic heterocycles. The van der Waals surface area contributed by atoms with E-state index in [9.17, 15) is 5.11 Å². The number of rotatable bonds is 1. The van der Waals surface area contributed by atoms with Crippen LogP contribution in [0.2, 0.25) is 0 Å². The Morgan fingerprint density at radius 1 is 1.31 bits per heavy atom. The molecule has 0 saturated carbocycles. The molecule has 0 saturated heterocycles. The monoisotopic (exact) mass is 184 g/mol. The average molecular weight is 184 g/mol. The van der Waals surface area contributed by atoms with Gasteiger partial charge in [-0.3, -0.25) is 0 Å². The summed E-state index contributed by atoms with van der Waals surface area (Å²) in [6.45, 7) is 0. The third kappa shape index (κ3) is 2.30. The molecule has 0 N–H and O–H groups in total. The Morgan fingerprint density at radius 3 is 2.54 bits per heavy atom. The van der Waals surface area contributed by atoms with Crippen LogP contribution in [0.15, 0.2) is 34.9 Å². The summed E-state index contributed by atoms with van der Waals surface area (Å²) in [5.74, 6) is -0.571. The van der Waals surface area contributed by atoms with E-state index in [1.165, 1.54) is 4.68 Å². The van der Waals surface area contributed by atoms with E-state index in [0.717, 1.165) is 5.69 Å². The maximum absolute atomic E-state index is 10.6. The van der Waals surface area contributed by atoms with E-state index in [4.69, 9.17) is 0 Å². The van der Waals surface area contributed by atoms with Gasteiger partial charge in [0.05, 0.1) is 11.6 Å². The maximum Gasteiger partial charge on any atom is 1.00 e. The van der Waals surface area contributed by atoms with Gasteiger partial charge in [0, 0.05) is 5.27 Å². The van der Waals surface area contributed by atoms with Crippen LogP contribution < -0.4 is 39.3 Å². The van der Waals surface area contributed by atoms with Crippen LogP contribution in [0.5, 0.6) is 5.95 Å². The molecule has 13 heavy (non-hydrogen) atoms. The van der Waals surface area contributed by atoms with E-state index >= 15 is 0 Å². The summed E-state index contributed by atoms with van der Waals surface area (Å²) >= 11 is 0. The fraction of sp³-hybridized carbons (Fsp3) is 0. The fourth-order valence-electron chi connectivity index (χ4n) is 0.886. The molecule has 2 aromatic rings. The smallest absolute Gasteiger partial charge is 0.560 e. The van der Waals surface area contributed by atoms with E-state index < -0.39 is 5.95 Å². The molecule has 0 bridgehead atoms. The van der Waals surface area contributed by atoms with Crippen molar-refractivity contribution >= 4 is 0 Å². The summed E-state index contributed by atoms with van der Waals surface area (Å²) in [4.78, 5) is 0. The van der Waals surface area contributed by atoms with Crippen LogP contribution in [0, 0.1) is 6.20 Å². The molecule has 0 radical (unpaired) electrons. The quantitative estimate of drug-likeness (QED) is 0.267. The average Bonchev–Trinajstić information content (AvgIpc) is 2.54. The molecule has 4 nitrogen and oxygen atoms in total. The summed E-state index contributed by atoms with van der Waals surface area (Å²) in [6.07, 6.45) is 2.38. The predicted octanol–water partition coefficient (Wildman–Crippen LogP) is -3.17. The van der Waals surface area contributed by atoms with Gasteiger partial charge in [-0.15, -0.1) is 0 Å². The van der Waals surface area contributed by atoms with Crippen molar-refractivity contribution < 1.29 is 43.9 Å². The Balaban J connectivity index is 0.000000845. The first-order chi connectivity index (χ1) is 5.86. The molecule has 0 aliphatic carbocycles. The number of benzene rings is 1. The fourth-order valence-corrected chi connectivity index (χ4v) is 0.886. The van der Waals surface area contributed by atoms with Gasteiger partial charge in [0.15, 0.2) is 0 Å². The van der Waals surface area contributed by atoms with E-state index in [2.05, 4.69) is 16.0 Å². The second-order valence-corrected chi connectivity index (χ2v) is 2.22. The normalized spacial score (nSPS) is 9.23. The van der Waals surface area contributed by atoms with Crippen molar-refractivity contribution in [2.24, 2.45) is 0 Å². The summed E-state index contributed by atoms with van der Waals surface area (Å²) in [6, 6.07) is 9.17. The molecule has 2 rings (SSSR count). The van der Waals surface area contributed by atoms with Crippen LogP contribution in [-0.4, -0.2) is 5.27 Å². The second-order valence-electron chi connectivity index (χ2n) is 2.22. The Bertz CT molecular complexity index is 375. The van der Waals surface area contributed by atoms with Crippen LogP contribution in [0.3, 0.4) is 0 Å². The molecule has 0 unspecified atom stereocenters. The van der Waals surface area contributed by atoms with Gasteiger partial charge in [0.2, 0.25) is 0 Å². The van der Waals surface area contributed by atoms with Gasteiger partial charge < -0.3 is 9.63 Å². The SMILES string of the molecule is [Na+].[O-]c1[c-][n+](-c2ccccc2)no1. The van der Waals surface area contributed by atoms with Crippen LogP contribution in [0.4, 0.5) is 0 Å². The number of aromatic nitrogens is 2. The van der Waals surface area contributed by atoms with E-state index in [1.54, 1.807) is 12.1 Å². The van der Waals surface area contributed by atoms with Crippen molar-refractivity contribution in [1.82, 2.24) is 5.27 Å². The standard InChI is InChI=1S/C8H6N2O2.Na/c11-8-6-10(9-12-8)7-4-2-1-3-5-7;/h1-5,11H;/q;+1/p-1. The summed E-state index contributed by atoms with van der Waals surface area (Å²) in [5, 5.41) is 14.0. The van der Waals surface area contributed by atoms with Gasteiger partial charge >= 0.3 is 29.6 Å². The van der Waals surface area contributed by atoms with Gasteiger partial charge in [0.1, 0.15) is 6.20 Å². The zero-order valence-electron chi connectivity index (χ0n) is 7.10. The third-order valence-corrected chi connectivity index (χ3v) is 1.40. The zero-order chi connectivity index (χ0) is 8.39. The molecule has 0 fully saturated rings. The van der Waals surface area contributed by atoms with Crippen LogP contribution >= 0.6 is 0 Å². The van der Waals surface area contributed by atoms with E-state index in [1.807, 2.05) is 18.2 Å². The number of hydrogen-bond acceptors (Lipinski definition) is 3. The van der Waals surface area contributed by atoms with Gasteiger partial charge in [-0.2, -0.15) is 4.68 Å². The minimum Gasteiger partial charge on any atom is -0.560 e. The van der Waals surface area contributed by atoms with Crippen molar-refractivity contribution in [2.75, 3.05) is 0 Å². The van der Waals surface area contributed by atoms with Crippen LogP contribution in [-0.2, 0) is 0 Å². The van der Waals surface area contributed by atoms with Crippen molar-refractivity contribution in [2.45, 2.75) is 0 Å². The summed E-state index contributed by atoms with van der Waals surface area (Å²) in [7, 11) is 0. The van der Waals surface area contributed by atoms with Gasteiger partial charge in [-0.05, 0) is 0 Å². The van der Waals surface area contributed by atoms with Crippen LogP contribution in [0.1, 0.15) is 0 Å². The van der Waals surface area contributed by atoms with Crippen molar-refractivity contribution in [1.29, 1.82) is 0 Å². The van der Waals surface area contributed by atoms with Gasteiger partial charge in [0.25, 0.3) is 0 Å². The molecule has 5 heteroatoms. The van der Waals surface area contributed by atoms with Crippen molar-refractivity contribution in [3.8, 4) is 11.6 Å². The first-order valence-electron chi connectivity index (χ1n) is 3.40. The molecule has 1 aromatic carbocycles. The molecule has 60 valence electrons. The minimum absolute atomic E-state index is 0. The third-order valence-electron chi connectivity index (χ3n) is 1.40. The Hall–Kier alpha value is -0.840. The Morgan fingerprint density at radius 2 is 2.00 bits per heavy atom. The molecule has 0 atom stereocenters. The van der Waals surface area contributed by atoms with E-state index in [-0.39, 0.29) is 29.6 Å². The van der Waals surface area contributed by atoms with E-state index in [0.29, 0.717) is 0 Å². The second kappa shape index (κ2) is 4.41. The number of hydrogen-bond donors (Lipinski definition) is 0. The predicted molar refractivity (Wildman–Crippen MR) is 36.3 cm³/mol. The maximum atomic E-state index is 10.6. The molecular weight excluding hydrogens is 179 g/mol. The Labute approximate surface area is 97.1 Å². The molecule has 1 aromatic heterocycles. The first-order valence-corrected chi connectivity index (χ1v) is 3.40. The first kappa shape index (κ1) is 10.2. The number of nitrogens with zero attached hydrogens (tertiary/aromatic N) is 2. The summed E-state index contributed by atoms with van der Waals surface area (Å²) < 4.78 is 5.59. The molecule has 0 aliphatic rings. The van der Waals surface area contributed by atoms with Gasteiger partial charge in [-0.1, -0.05) is 30.3 Å². The summed E-state index contributed by atoms with van der Waals surface area (Å²) in [5.41, 5.74) is 0.753. The topological polar surface area (TPSA) is 53.0 Å². The molecular formula is C8H5N2NaO2. The Kier molecular flexibility index (Phi) is 3.48.